The number of ether oxygens (including phenoxy) is 2. The molecule has 0 aliphatic heterocycles. The van der Waals surface area contributed by atoms with Gasteiger partial charge in [-0.3, -0.25) is 4.79 Å². The largest absolute Gasteiger partial charge is 0.497 e. The molecule has 0 bridgehead atoms. The first kappa shape index (κ1) is 18.6. The van der Waals surface area contributed by atoms with Gasteiger partial charge < -0.3 is 19.7 Å². The Labute approximate surface area is 149 Å². The first-order chi connectivity index (χ1) is 12.2. The number of hydrogen-bond donors (Lipinski definition) is 1. The monoisotopic (exact) mass is 342 g/mol. The van der Waals surface area contributed by atoms with Crippen molar-refractivity contribution in [3.63, 3.8) is 0 Å². The smallest absolute Gasteiger partial charge is 0.258 e. The number of rotatable bonds is 9. The molecule has 0 unspecified atom stereocenters. The minimum absolute atomic E-state index is 0.0231. The van der Waals surface area contributed by atoms with Gasteiger partial charge in [-0.2, -0.15) is 0 Å². The molecule has 134 valence electrons. The van der Waals surface area contributed by atoms with Crippen molar-refractivity contribution in [3.05, 3.63) is 54.1 Å². The fraction of sp³-hybridized carbons (Fsp3) is 0.350. The van der Waals surface area contributed by atoms with Crippen LogP contribution in [0, 0.1) is 0 Å². The predicted octanol–water partition coefficient (Wildman–Crippen LogP) is 3.24. The third-order valence-electron chi connectivity index (χ3n) is 3.97. The van der Waals surface area contributed by atoms with Gasteiger partial charge in [0, 0.05) is 31.4 Å². The summed E-state index contributed by atoms with van der Waals surface area (Å²) in [6.45, 7) is 6.70. The van der Waals surface area contributed by atoms with E-state index in [4.69, 9.17) is 9.47 Å². The van der Waals surface area contributed by atoms with E-state index in [1.165, 1.54) is 5.69 Å². The Kier molecular flexibility index (Phi) is 7.14. The van der Waals surface area contributed by atoms with E-state index in [0.717, 1.165) is 18.7 Å². The summed E-state index contributed by atoms with van der Waals surface area (Å²) < 4.78 is 10.6. The first-order valence-corrected chi connectivity index (χ1v) is 8.53. The molecule has 0 atom stereocenters. The number of amides is 1. The maximum absolute atomic E-state index is 11.9. The fourth-order valence-corrected chi connectivity index (χ4v) is 2.50. The summed E-state index contributed by atoms with van der Waals surface area (Å²) in [6, 6.07) is 15.4. The summed E-state index contributed by atoms with van der Waals surface area (Å²) in [4.78, 5) is 14.2. The average Bonchev–Trinajstić information content (AvgIpc) is 2.67. The Morgan fingerprint density at radius 3 is 2.36 bits per heavy atom. The summed E-state index contributed by atoms with van der Waals surface area (Å²) in [7, 11) is 1.59. The summed E-state index contributed by atoms with van der Waals surface area (Å²) in [5.74, 6) is 1.15. The van der Waals surface area contributed by atoms with Gasteiger partial charge in [-0.15, -0.1) is 0 Å². The highest BCUT2D eigenvalue weighted by Gasteiger charge is 2.05. The van der Waals surface area contributed by atoms with Crippen molar-refractivity contribution in [2.45, 2.75) is 20.4 Å². The number of carbonyl (C=O) groups excluding carboxylic acids is 1. The minimum atomic E-state index is -0.157. The zero-order chi connectivity index (χ0) is 18.1. The van der Waals surface area contributed by atoms with Gasteiger partial charge in [0.2, 0.25) is 0 Å². The predicted molar refractivity (Wildman–Crippen MR) is 100 cm³/mol. The zero-order valence-electron chi connectivity index (χ0n) is 15.1. The molecule has 25 heavy (non-hydrogen) atoms. The van der Waals surface area contributed by atoms with Crippen molar-refractivity contribution in [1.82, 2.24) is 5.32 Å². The van der Waals surface area contributed by atoms with Crippen molar-refractivity contribution in [3.8, 4) is 11.5 Å². The summed E-state index contributed by atoms with van der Waals surface area (Å²) in [5.41, 5.74) is 2.26. The molecule has 0 radical (unpaired) electrons. The minimum Gasteiger partial charge on any atom is -0.497 e. The molecule has 0 heterocycles. The number of anilines is 1. The van der Waals surface area contributed by atoms with Gasteiger partial charge in [0.25, 0.3) is 5.91 Å². The molecule has 0 spiro atoms. The Hall–Kier alpha value is -2.69. The van der Waals surface area contributed by atoms with Gasteiger partial charge in [-0.1, -0.05) is 18.2 Å². The van der Waals surface area contributed by atoms with Gasteiger partial charge in [0.1, 0.15) is 11.5 Å². The van der Waals surface area contributed by atoms with E-state index in [1.54, 1.807) is 19.2 Å². The molecule has 0 aromatic heterocycles. The van der Waals surface area contributed by atoms with Crippen molar-refractivity contribution in [2.75, 3.05) is 31.7 Å². The van der Waals surface area contributed by atoms with Crippen LogP contribution in [0.4, 0.5) is 5.69 Å². The van der Waals surface area contributed by atoms with Gasteiger partial charge in [-0.25, -0.2) is 0 Å². The third-order valence-corrected chi connectivity index (χ3v) is 3.97. The molecule has 1 amide bonds. The zero-order valence-corrected chi connectivity index (χ0v) is 15.1. The molecule has 5 heteroatoms. The molecule has 0 saturated heterocycles. The number of benzene rings is 2. The Bertz CT molecular complexity index is 667. The van der Waals surface area contributed by atoms with Crippen molar-refractivity contribution in [2.24, 2.45) is 0 Å². The maximum atomic E-state index is 11.9. The standard InChI is InChI=1S/C20H26N2O3/c1-4-22(5-2)17-11-9-16(10-12-17)14-21-20(23)15-25-19-8-6-7-18(13-19)24-3/h6-13H,4-5,14-15H2,1-3H3,(H,21,23). The average molecular weight is 342 g/mol. The highest BCUT2D eigenvalue weighted by molar-refractivity contribution is 5.77. The molecule has 5 nitrogen and oxygen atoms in total. The van der Waals surface area contributed by atoms with Crippen LogP contribution in [0.5, 0.6) is 11.5 Å². The van der Waals surface area contributed by atoms with Gasteiger partial charge in [0.15, 0.2) is 6.61 Å². The molecule has 0 aliphatic rings. The van der Waals surface area contributed by atoms with Gasteiger partial charge in [-0.05, 0) is 43.7 Å². The van der Waals surface area contributed by atoms with E-state index in [9.17, 15) is 4.79 Å². The molecule has 2 aromatic carbocycles. The Morgan fingerprint density at radius 2 is 1.72 bits per heavy atom. The van der Waals surface area contributed by atoms with Crippen LogP contribution in [0.1, 0.15) is 19.4 Å². The topological polar surface area (TPSA) is 50.8 Å². The SMILES string of the molecule is CCN(CC)c1ccc(CNC(=O)COc2cccc(OC)c2)cc1. The van der Waals surface area contributed by atoms with E-state index in [0.29, 0.717) is 18.0 Å². The molecule has 1 N–H and O–H groups in total. The Balaban J connectivity index is 1.79. The lowest BCUT2D eigenvalue weighted by Gasteiger charge is -2.21. The van der Waals surface area contributed by atoms with Crippen molar-refractivity contribution >= 4 is 11.6 Å². The summed E-state index contributed by atoms with van der Waals surface area (Å²) in [6.07, 6.45) is 0. The van der Waals surface area contributed by atoms with Gasteiger partial charge in [0.05, 0.1) is 7.11 Å². The molecule has 0 fully saturated rings. The van der Waals surface area contributed by atoms with Crippen LogP contribution in [0.15, 0.2) is 48.5 Å². The normalized spacial score (nSPS) is 10.2. The highest BCUT2D eigenvalue weighted by atomic mass is 16.5. The number of hydrogen-bond acceptors (Lipinski definition) is 4. The second-order valence-electron chi connectivity index (χ2n) is 5.58. The van der Waals surface area contributed by atoms with E-state index in [1.807, 2.05) is 24.3 Å². The van der Waals surface area contributed by atoms with E-state index < -0.39 is 0 Å². The van der Waals surface area contributed by atoms with Crippen LogP contribution in [0.25, 0.3) is 0 Å². The van der Waals surface area contributed by atoms with E-state index in [-0.39, 0.29) is 12.5 Å². The Morgan fingerprint density at radius 1 is 1.04 bits per heavy atom. The number of nitrogens with zero attached hydrogens (tertiary/aromatic N) is 1. The number of methoxy groups -OCH3 is 1. The second kappa shape index (κ2) is 9.57. The van der Waals surface area contributed by atoms with Crippen LogP contribution in [0.2, 0.25) is 0 Å². The molecular formula is C20H26N2O3. The van der Waals surface area contributed by atoms with Crippen molar-refractivity contribution < 1.29 is 14.3 Å². The summed E-state index contributed by atoms with van der Waals surface area (Å²) >= 11 is 0. The van der Waals surface area contributed by atoms with Crippen molar-refractivity contribution in [1.29, 1.82) is 0 Å². The lowest BCUT2D eigenvalue weighted by atomic mass is 10.2. The van der Waals surface area contributed by atoms with Gasteiger partial charge >= 0.3 is 0 Å². The van der Waals surface area contributed by atoms with E-state index >= 15 is 0 Å². The van der Waals surface area contributed by atoms with Crippen LogP contribution >= 0.6 is 0 Å². The number of carbonyl (C=O) groups is 1. The lowest BCUT2D eigenvalue weighted by Crippen LogP contribution is -2.28. The quantitative estimate of drug-likeness (QED) is 0.760. The maximum Gasteiger partial charge on any atom is 0.258 e. The molecule has 0 aliphatic carbocycles. The van der Waals surface area contributed by atoms with Crippen LogP contribution < -0.4 is 19.7 Å². The number of nitrogens with one attached hydrogen (secondary N) is 1. The molecule has 0 saturated carbocycles. The molecule has 2 rings (SSSR count). The van der Waals surface area contributed by atoms with Crippen LogP contribution in [-0.2, 0) is 11.3 Å². The summed E-state index contributed by atoms with van der Waals surface area (Å²) in [5, 5.41) is 2.87. The second-order valence-corrected chi connectivity index (χ2v) is 5.58. The first-order valence-electron chi connectivity index (χ1n) is 8.53. The van der Waals surface area contributed by atoms with Crippen LogP contribution in [0.3, 0.4) is 0 Å². The van der Waals surface area contributed by atoms with Crippen LogP contribution in [-0.4, -0.2) is 32.7 Å². The molecular weight excluding hydrogens is 316 g/mol. The lowest BCUT2D eigenvalue weighted by molar-refractivity contribution is -0.123. The fourth-order valence-electron chi connectivity index (χ4n) is 2.50. The third kappa shape index (κ3) is 5.71. The van der Waals surface area contributed by atoms with E-state index in [2.05, 4.69) is 36.2 Å². The molecule has 2 aromatic rings. The highest BCUT2D eigenvalue weighted by Crippen LogP contribution is 2.18.